The molecule has 0 atom stereocenters. The van der Waals surface area contributed by atoms with E-state index in [1.807, 2.05) is 54.6 Å². The summed E-state index contributed by atoms with van der Waals surface area (Å²) in [4.78, 5) is 8.66. The van der Waals surface area contributed by atoms with E-state index >= 15 is 0 Å². The van der Waals surface area contributed by atoms with Crippen molar-refractivity contribution in [1.82, 2.24) is 9.97 Å². The molecule has 1 N–H and O–H groups in total. The number of benzene rings is 1. The third-order valence-electron chi connectivity index (χ3n) is 2.68. The van der Waals surface area contributed by atoms with E-state index in [0.29, 0.717) is 0 Å². The summed E-state index contributed by atoms with van der Waals surface area (Å²) in [6, 6.07) is 21.1. The second-order valence-corrected chi connectivity index (χ2v) is 6.08. The Morgan fingerprint density at radius 3 is 1.50 bits per heavy atom. The smallest absolute Gasteiger partial charge is 0.0563 e. The molecule has 0 aliphatic carbocycles. The maximum absolute atomic E-state index is 8.52. The van der Waals surface area contributed by atoms with E-state index < -0.39 is 5.60 Å². The van der Waals surface area contributed by atoms with Crippen LogP contribution in [0.2, 0.25) is 0 Å². The van der Waals surface area contributed by atoms with Crippen molar-refractivity contribution in [2.75, 3.05) is 0 Å². The molecule has 0 saturated carbocycles. The first-order valence-electron chi connectivity index (χ1n) is 7.51. The maximum atomic E-state index is 8.52. The Bertz CT molecular complexity index is 665. The molecule has 3 rings (SSSR count). The van der Waals surface area contributed by atoms with Gasteiger partial charge in [-0.3, -0.25) is 9.97 Å². The Morgan fingerprint density at radius 1 is 0.750 bits per heavy atom. The zero-order valence-electron chi connectivity index (χ0n) is 14.0. The molecule has 2 aromatic heterocycles. The predicted molar refractivity (Wildman–Crippen MR) is 93.7 cm³/mol. The molecule has 4 heteroatoms. The standard InChI is InChI=1S/C16H11N2.C4H10O.Pt/c1-3-10-17-15(8-1)13-6-5-7-14(12-13)16-9-2-4-11-18-16;1-4(2,3)5;/h1-11H;5H,1-3H3;/q-1;;. The Balaban J connectivity index is 0.000000425. The number of hydrogen-bond donors (Lipinski definition) is 1. The van der Waals surface area contributed by atoms with Gasteiger partial charge >= 0.3 is 0 Å². The second kappa shape index (κ2) is 9.46. The number of aromatic nitrogens is 2. The molecule has 0 amide bonds. The van der Waals surface area contributed by atoms with Gasteiger partial charge in [0.05, 0.1) is 5.60 Å². The van der Waals surface area contributed by atoms with E-state index in [9.17, 15) is 0 Å². The fourth-order valence-corrected chi connectivity index (χ4v) is 1.81. The third-order valence-corrected chi connectivity index (χ3v) is 2.68. The van der Waals surface area contributed by atoms with E-state index in [1.165, 1.54) is 0 Å². The fraction of sp³-hybridized carbons (Fsp3) is 0.200. The molecule has 0 spiro atoms. The van der Waals surface area contributed by atoms with Gasteiger partial charge in [-0.1, -0.05) is 35.4 Å². The number of aliphatic hydroxyl groups is 1. The Morgan fingerprint density at radius 2 is 1.17 bits per heavy atom. The van der Waals surface area contributed by atoms with Crippen LogP contribution in [0.25, 0.3) is 22.5 Å². The van der Waals surface area contributed by atoms with Crippen LogP contribution in [0.4, 0.5) is 0 Å². The molecule has 0 bridgehead atoms. The summed E-state index contributed by atoms with van der Waals surface area (Å²) in [6.45, 7) is 5.23. The Kier molecular flexibility index (Phi) is 7.97. The first-order valence-corrected chi connectivity index (χ1v) is 7.51. The van der Waals surface area contributed by atoms with Crippen molar-refractivity contribution in [3.05, 3.63) is 73.1 Å². The summed E-state index contributed by atoms with van der Waals surface area (Å²) < 4.78 is 0. The van der Waals surface area contributed by atoms with Crippen molar-refractivity contribution in [3.63, 3.8) is 0 Å². The van der Waals surface area contributed by atoms with Crippen LogP contribution in [0.5, 0.6) is 0 Å². The SMILES string of the molecule is CC(C)(C)O.[Pt].[c-]1c(-c2ccccn2)cccc1-c1ccccn1. The molecule has 3 aromatic rings. The molecule has 0 radical (unpaired) electrons. The second-order valence-electron chi connectivity index (χ2n) is 6.08. The summed E-state index contributed by atoms with van der Waals surface area (Å²) in [7, 11) is 0. The Labute approximate surface area is 158 Å². The van der Waals surface area contributed by atoms with Crippen molar-refractivity contribution in [1.29, 1.82) is 0 Å². The number of rotatable bonds is 2. The van der Waals surface area contributed by atoms with Gasteiger partial charge in [0.2, 0.25) is 0 Å². The zero-order valence-corrected chi connectivity index (χ0v) is 16.3. The van der Waals surface area contributed by atoms with Crippen LogP contribution in [0.15, 0.2) is 67.0 Å². The maximum Gasteiger partial charge on any atom is 0.0563 e. The van der Waals surface area contributed by atoms with Crippen molar-refractivity contribution in [2.24, 2.45) is 0 Å². The normalized spacial score (nSPS) is 10.2. The van der Waals surface area contributed by atoms with Crippen LogP contribution < -0.4 is 0 Å². The van der Waals surface area contributed by atoms with Crippen LogP contribution in [-0.2, 0) is 21.1 Å². The quantitative estimate of drug-likeness (QED) is 0.532. The molecular weight excluding hydrogens is 479 g/mol. The largest absolute Gasteiger partial charge is 0.391 e. The van der Waals surface area contributed by atoms with Gasteiger partial charge in [-0.25, -0.2) is 0 Å². The molecule has 0 fully saturated rings. The van der Waals surface area contributed by atoms with Gasteiger partial charge in [-0.05, 0) is 32.9 Å². The van der Waals surface area contributed by atoms with E-state index in [4.69, 9.17) is 5.11 Å². The molecule has 0 unspecified atom stereocenters. The van der Waals surface area contributed by atoms with Gasteiger partial charge in [0.15, 0.2) is 0 Å². The molecule has 0 aliphatic heterocycles. The summed E-state index contributed by atoms with van der Waals surface area (Å²) in [6.07, 6.45) is 3.58. The minimum atomic E-state index is -0.500. The van der Waals surface area contributed by atoms with E-state index in [1.54, 1.807) is 33.2 Å². The molecule has 0 saturated heterocycles. The van der Waals surface area contributed by atoms with Crippen molar-refractivity contribution in [3.8, 4) is 22.5 Å². The van der Waals surface area contributed by atoms with Crippen LogP contribution in [0.1, 0.15) is 20.8 Å². The summed E-state index contributed by atoms with van der Waals surface area (Å²) in [5, 5.41) is 8.52. The fourth-order valence-electron chi connectivity index (χ4n) is 1.81. The number of pyridine rings is 2. The molecule has 0 aliphatic rings. The van der Waals surface area contributed by atoms with Crippen molar-refractivity contribution >= 4 is 0 Å². The topological polar surface area (TPSA) is 46.0 Å². The monoisotopic (exact) mass is 500 g/mol. The van der Waals surface area contributed by atoms with Crippen LogP contribution in [-0.4, -0.2) is 20.7 Å². The zero-order chi connectivity index (χ0) is 16.7. The van der Waals surface area contributed by atoms with Crippen LogP contribution in [0.3, 0.4) is 0 Å². The summed E-state index contributed by atoms with van der Waals surface area (Å²) in [5.74, 6) is 0. The van der Waals surface area contributed by atoms with Gasteiger partial charge in [0.25, 0.3) is 0 Å². The van der Waals surface area contributed by atoms with Crippen molar-refractivity contribution in [2.45, 2.75) is 26.4 Å². The van der Waals surface area contributed by atoms with E-state index in [0.717, 1.165) is 22.5 Å². The van der Waals surface area contributed by atoms with E-state index in [-0.39, 0.29) is 21.1 Å². The van der Waals surface area contributed by atoms with Crippen molar-refractivity contribution < 1.29 is 26.2 Å². The van der Waals surface area contributed by atoms with Gasteiger partial charge in [0.1, 0.15) is 0 Å². The minimum absolute atomic E-state index is 0. The Hall–Kier alpha value is -1.83. The average Bonchev–Trinajstić information content (AvgIpc) is 2.55. The molecule has 24 heavy (non-hydrogen) atoms. The molecule has 1 aromatic carbocycles. The van der Waals surface area contributed by atoms with Crippen LogP contribution in [0, 0.1) is 6.07 Å². The first-order chi connectivity index (χ1) is 10.9. The molecule has 128 valence electrons. The summed E-state index contributed by atoms with van der Waals surface area (Å²) >= 11 is 0. The summed E-state index contributed by atoms with van der Waals surface area (Å²) in [5.41, 5.74) is 3.32. The van der Waals surface area contributed by atoms with Gasteiger partial charge in [-0.2, -0.15) is 0 Å². The van der Waals surface area contributed by atoms with Gasteiger partial charge in [0, 0.05) is 44.8 Å². The van der Waals surface area contributed by atoms with E-state index in [2.05, 4.69) is 16.0 Å². The number of hydrogen-bond acceptors (Lipinski definition) is 3. The molecule has 2 heterocycles. The number of nitrogens with zero attached hydrogens (tertiary/aromatic N) is 2. The minimum Gasteiger partial charge on any atom is -0.391 e. The van der Waals surface area contributed by atoms with Gasteiger partial charge < -0.3 is 5.11 Å². The third kappa shape index (κ3) is 7.16. The average molecular weight is 500 g/mol. The molecular formula is C20H21N2OPt-. The predicted octanol–water partition coefficient (Wildman–Crippen LogP) is 4.39. The molecule has 3 nitrogen and oxygen atoms in total. The first kappa shape index (κ1) is 20.2. The van der Waals surface area contributed by atoms with Gasteiger partial charge in [-0.15, -0.1) is 24.3 Å². The van der Waals surface area contributed by atoms with Crippen LogP contribution >= 0.6 is 0 Å².